The number of carbonyl (C=O) groups excluding carboxylic acids is 1. The molecule has 0 saturated heterocycles. The van der Waals surface area contributed by atoms with Crippen molar-refractivity contribution in [1.29, 1.82) is 0 Å². The molecular weight excluding hydrogens is 471 g/mol. The molecule has 35 heavy (non-hydrogen) atoms. The molecule has 9 heteroatoms. The van der Waals surface area contributed by atoms with Crippen LogP contribution in [0.1, 0.15) is 29.8 Å². The van der Waals surface area contributed by atoms with Gasteiger partial charge in [0.05, 0.1) is 4.90 Å². The first-order chi connectivity index (χ1) is 16.4. The Balaban J connectivity index is 1.75. The van der Waals surface area contributed by atoms with E-state index in [1.807, 2.05) is 0 Å². The van der Waals surface area contributed by atoms with Crippen LogP contribution in [0.4, 0.5) is 10.1 Å². The smallest absolute Gasteiger partial charge is 0.322 e. The van der Waals surface area contributed by atoms with E-state index in [9.17, 15) is 27.5 Å². The number of sulfonamides is 1. The highest BCUT2D eigenvalue weighted by atomic mass is 32.2. The fourth-order valence-corrected chi connectivity index (χ4v) is 5.18. The molecule has 7 nitrogen and oxygen atoms in total. The lowest BCUT2D eigenvalue weighted by Gasteiger charge is -2.27. The van der Waals surface area contributed by atoms with Gasteiger partial charge in [0.25, 0.3) is 5.91 Å². The van der Waals surface area contributed by atoms with E-state index in [2.05, 4.69) is 5.32 Å². The quantitative estimate of drug-likeness (QED) is 0.465. The number of rotatable bonds is 8. The van der Waals surface area contributed by atoms with Gasteiger partial charge in [0.2, 0.25) is 10.0 Å². The first-order valence-electron chi connectivity index (χ1n) is 10.9. The predicted octanol–water partition coefficient (Wildman–Crippen LogP) is 4.78. The topological polar surface area (TPSA) is 104 Å². The van der Waals surface area contributed by atoms with Crippen LogP contribution in [0.25, 0.3) is 11.1 Å². The summed E-state index contributed by atoms with van der Waals surface area (Å²) in [5, 5.41) is 12.2. The van der Waals surface area contributed by atoms with E-state index in [-0.39, 0.29) is 16.6 Å². The highest BCUT2D eigenvalue weighted by Gasteiger charge is 2.34. The van der Waals surface area contributed by atoms with E-state index in [1.54, 1.807) is 57.2 Å². The zero-order valence-corrected chi connectivity index (χ0v) is 20.6. The lowest BCUT2D eigenvalue weighted by atomic mass is 10.1. The molecule has 0 aliphatic heterocycles. The van der Waals surface area contributed by atoms with E-state index in [4.69, 9.17) is 0 Å². The Kier molecular flexibility index (Phi) is 7.72. The SMILES string of the molecule is Cc1cc(C(=O)Nc2ccc(-c3ccc(S(=O)(=O)N(C)[C@H](C(=O)O)C(C)C)cc3)cc2)ccc1F. The number of carboxylic acid groups (broad SMARTS) is 1. The lowest BCUT2D eigenvalue weighted by molar-refractivity contribution is -0.142. The lowest BCUT2D eigenvalue weighted by Crippen LogP contribution is -2.45. The minimum Gasteiger partial charge on any atom is -0.480 e. The van der Waals surface area contributed by atoms with Crippen molar-refractivity contribution < 1.29 is 27.5 Å². The van der Waals surface area contributed by atoms with Crippen LogP contribution in [-0.2, 0) is 14.8 Å². The molecule has 2 N–H and O–H groups in total. The number of hydrogen-bond donors (Lipinski definition) is 2. The van der Waals surface area contributed by atoms with Gasteiger partial charge >= 0.3 is 5.97 Å². The second kappa shape index (κ2) is 10.4. The van der Waals surface area contributed by atoms with Crippen LogP contribution >= 0.6 is 0 Å². The van der Waals surface area contributed by atoms with E-state index in [0.29, 0.717) is 16.8 Å². The molecule has 0 unspecified atom stereocenters. The van der Waals surface area contributed by atoms with Crippen molar-refractivity contribution in [2.75, 3.05) is 12.4 Å². The second-order valence-electron chi connectivity index (χ2n) is 8.57. The number of hydrogen-bond acceptors (Lipinski definition) is 4. The van der Waals surface area contributed by atoms with Gasteiger partial charge in [-0.3, -0.25) is 9.59 Å². The molecule has 0 spiro atoms. The highest BCUT2D eigenvalue weighted by Crippen LogP contribution is 2.26. The Morgan fingerprint density at radius 3 is 1.97 bits per heavy atom. The van der Waals surface area contributed by atoms with E-state index < -0.39 is 28.0 Å². The molecule has 0 bridgehead atoms. The monoisotopic (exact) mass is 498 g/mol. The molecule has 1 atom stereocenters. The Bertz CT molecular complexity index is 1340. The number of benzene rings is 3. The van der Waals surface area contributed by atoms with Crippen LogP contribution in [-0.4, -0.2) is 42.8 Å². The molecule has 3 rings (SSSR count). The molecule has 1 amide bonds. The summed E-state index contributed by atoms with van der Waals surface area (Å²) in [5.74, 6) is -2.35. The Morgan fingerprint density at radius 1 is 0.943 bits per heavy atom. The van der Waals surface area contributed by atoms with Gasteiger partial charge in [0, 0.05) is 18.3 Å². The highest BCUT2D eigenvalue weighted by molar-refractivity contribution is 7.89. The van der Waals surface area contributed by atoms with Gasteiger partial charge in [-0.1, -0.05) is 38.1 Å². The predicted molar refractivity (Wildman–Crippen MR) is 132 cm³/mol. The number of carboxylic acids is 1. The number of amides is 1. The van der Waals surface area contributed by atoms with Crippen LogP contribution < -0.4 is 5.32 Å². The average molecular weight is 499 g/mol. The summed E-state index contributed by atoms with van der Waals surface area (Å²) in [6, 6.07) is 16.1. The maximum absolute atomic E-state index is 13.4. The maximum Gasteiger partial charge on any atom is 0.322 e. The number of carbonyl (C=O) groups is 2. The fraction of sp³-hybridized carbons (Fsp3) is 0.231. The molecule has 0 saturated carbocycles. The summed E-state index contributed by atoms with van der Waals surface area (Å²) in [5.41, 5.74) is 2.82. The second-order valence-corrected chi connectivity index (χ2v) is 10.6. The summed E-state index contributed by atoms with van der Waals surface area (Å²) in [6.07, 6.45) is 0. The molecule has 184 valence electrons. The third-order valence-electron chi connectivity index (χ3n) is 5.70. The van der Waals surface area contributed by atoms with Crippen molar-refractivity contribution in [3.63, 3.8) is 0 Å². The van der Waals surface area contributed by atoms with Gasteiger partial charge in [0.1, 0.15) is 11.9 Å². The first-order valence-corrected chi connectivity index (χ1v) is 12.3. The Hall–Kier alpha value is -3.56. The maximum atomic E-state index is 13.4. The van der Waals surface area contributed by atoms with Crippen molar-refractivity contribution >= 4 is 27.6 Å². The largest absolute Gasteiger partial charge is 0.480 e. The van der Waals surface area contributed by atoms with E-state index in [0.717, 1.165) is 15.4 Å². The van der Waals surface area contributed by atoms with Gasteiger partial charge in [-0.25, -0.2) is 12.8 Å². The minimum absolute atomic E-state index is 0.00544. The number of likely N-dealkylation sites (N-methyl/N-ethyl adjacent to an activating group) is 1. The number of nitrogens with zero attached hydrogens (tertiary/aromatic N) is 1. The molecule has 0 aliphatic carbocycles. The third-order valence-corrected chi connectivity index (χ3v) is 7.56. The van der Waals surface area contributed by atoms with Crippen LogP contribution in [0.3, 0.4) is 0 Å². The minimum atomic E-state index is -4.00. The number of aliphatic carboxylic acids is 1. The molecule has 0 radical (unpaired) electrons. The standard InChI is InChI=1S/C26H27FN2O5S/c1-16(2)24(26(31)32)29(4)35(33,34)22-12-7-19(8-13-22)18-5-10-21(11-6-18)28-25(30)20-9-14-23(27)17(3)15-20/h5-16,24H,1-4H3,(H,28,30)(H,31,32)/t24-/m0/s1. The fourth-order valence-electron chi connectivity index (χ4n) is 3.73. The number of aryl methyl sites for hydroxylation is 1. The summed E-state index contributed by atoms with van der Waals surface area (Å²) >= 11 is 0. The first kappa shape index (κ1) is 26.1. The molecule has 3 aromatic rings. The van der Waals surface area contributed by atoms with Crippen molar-refractivity contribution in [2.24, 2.45) is 5.92 Å². The molecule has 0 fully saturated rings. The molecule has 0 aromatic heterocycles. The van der Waals surface area contributed by atoms with Crippen LogP contribution in [0, 0.1) is 18.7 Å². The average Bonchev–Trinajstić information content (AvgIpc) is 2.81. The van der Waals surface area contributed by atoms with Crippen molar-refractivity contribution in [3.05, 3.63) is 83.7 Å². The van der Waals surface area contributed by atoms with Gasteiger partial charge in [0.15, 0.2) is 0 Å². The number of halogens is 1. The normalized spacial score (nSPS) is 12.5. The van der Waals surface area contributed by atoms with Gasteiger partial charge in [-0.2, -0.15) is 4.31 Å². The zero-order valence-electron chi connectivity index (χ0n) is 19.8. The van der Waals surface area contributed by atoms with Crippen molar-refractivity contribution in [3.8, 4) is 11.1 Å². The molecule has 0 aliphatic rings. The summed E-state index contributed by atoms with van der Waals surface area (Å²) in [6.45, 7) is 4.89. The van der Waals surface area contributed by atoms with Crippen LogP contribution in [0.15, 0.2) is 71.6 Å². The van der Waals surface area contributed by atoms with Gasteiger partial charge in [-0.05, 0) is 72.0 Å². The molecule has 0 heterocycles. The summed E-state index contributed by atoms with van der Waals surface area (Å²) in [7, 11) is -2.73. The van der Waals surface area contributed by atoms with Crippen LogP contribution in [0.2, 0.25) is 0 Å². The van der Waals surface area contributed by atoms with Gasteiger partial charge < -0.3 is 10.4 Å². The van der Waals surface area contributed by atoms with Crippen molar-refractivity contribution in [2.45, 2.75) is 31.7 Å². The number of anilines is 1. The number of nitrogens with one attached hydrogen (secondary N) is 1. The summed E-state index contributed by atoms with van der Waals surface area (Å²) in [4.78, 5) is 24.0. The Morgan fingerprint density at radius 2 is 1.49 bits per heavy atom. The van der Waals surface area contributed by atoms with Crippen LogP contribution in [0.5, 0.6) is 0 Å². The molecule has 3 aromatic carbocycles. The Labute approximate surface area is 204 Å². The summed E-state index contributed by atoms with van der Waals surface area (Å²) < 4.78 is 40.2. The van der Waals surface area contributed by atoms with E-state index in [1.165, 1.54) is 37.4 Å². The van der Waals surface area contributed by atoms with Gasteiger partial charge in [-0.15, -0.1) is 0 Å². The van der Waals surface area contributed by atoms with Crippen molar-refractivity contribution in [1.82, 2.24) is 4.31 Å². The third kappa shape index (κ3) is 5.75. The van der Waals surface area contributed by atoms with E-state index >= 15 is 0 Å². The molecular formula is C26H27FN2O5S. The zero-order chi connectivity index (χ0) is 25.9.